The van der Waals surface area contributed by atoms with Gasteiger partial charge in [0.25, 0.3) is 11.4 Å². The van der Waals surface area contributed by atoms with Crippen molar-refractivity contribution in [1.29, 1.82) is 0 Å². The van der Waals surface area contributed by atoms with Crippen LogP contribution in [0.2, 0.25) is 0 Å². The standard InChI is InChI=1S/C24H19N3O7/c28-24-21-22(16-6-10-18(11-7-16)26(29)30)34-23(17-8-12-19(13-9-17)27(31)32)25(21)20(14-33-24)15-4-2-1-3-5-15/h1-13,20-23H,14H2/t20-,21+,22-,23+/m1/s1. The van der Waals surface area contributed by atoms with E-state index >= 15 is 0 Å². The molecule has 172 valence electrons. The maximum Gasteiger partial charge on any atom is 0.326 e. The van der Waals surface area contributed by atoms with Gasteiger partial charge in [0.1, 0.15) is 25.0 Å². The number of fused-ring (bicyclic) bond motifs is 1. The van der Waals surface area contributed by atoms with Crippen LogP contribution in [-0.2, 0) is 14.3 Å². The highest BCUT2D eigenvalue weighted by Gasteiger charge is 2.54. The number of ether oxygens (including phenoxy) is 2. The minimum absolute atomic E-state index is 0.0529. The molecule has 2 aliphatic rings. The lowest BCUT2D eigenvalue weighted by molar-refractivity contribution is -0.385. The van der Waals surface area contributed by atoms with Gasteiger partial charge in [-0.1, -0.05) is 30.3 Å². The van der Waals surface area contributed by atoms with Crippen molar-refractivity contribution in [3.8, 4) is 0 Å². The molecule has 0 N–H and O–H groups in total. The van der Waals surface area contributed by atoms with Crippen LogP contribution in [0.3, 0.4) is 0 Å². The summed E-state index contributed by atoms with van der Waals surface area (Å²) in [5.41, 5.74) is 2.05. The number of nitro groups is 2. The third-order valence-corrected chi connectivity index (χ3v) is 6.14. The summed E-state index contributed by atoms with van der Waals surface area (Å²) < 4.78 is 11.9. The molecule has 3 aromatic carbocycles. The number of nitrogens with zero attached hydrogens (tertiary/aromatic N) is 3. The molecule has 2 fully saturated rings. The highest BCUT2D eigenvalue weighted by molar-refractivity contribution is 5.78. The summed E-state index contributed by atoms with van der Waals surface area (Å²) in [7, 11) is 0. The van der Waals surface area contributed by atoms with E-state index in [-0.39, 0.29) is 24.0 Å². The van der Waals surface area contributed by atoms with Crippen LogP contribution in [0.5, 0.6) is 0 Å². The number of carbonyl (C=O) groups is 1. The molecule has 0 bridgehead atoms. The van der Waals surface area contributed by atoms with Crippen LogP contribution in [-0.4, -0.2) is 33.4 Å². The van der Waals surface area contributed by atoms with Gasteiger partial charge in [-0.3, -0.25) is 25.0 Å². The van der Waals surface area contributed by atoms with Crippen LogP contribution in [0.15, 0.2) is 78.9 Å². The lowest BCUT2D eigenvalue weighted by Crippen LogP contribution is -2.49. The van der Waals surface area contributed by atoms with E-state index in [4.69, 9.17) is 9.47 Å². The largest absolute Gasteiger partial charge is 0.462 e. The average molecular weight is 461 g/mol. The molecule has 0 saturated carbocycles. The Morgan fingerprint density at radius 3 is 1.88 bits per heavy atom. The Morgan fingerprint density at radius 1 is 0.765 bits per heavy atom. The van der Waals surface area contributed by atoms with Crippen LogP contribution in [0.25, 0.3) is 0 Å². The number of benzene rings is 3. The molecule has 34 heavy (non-hydrogen) atoms. The Labute approximate surface area is 193 Å². The average Bonchev–Trinajstić information content (AvgIpc) is 3.26. The number of rotatable bonds is 5. The van der Waals surface area contributed by atoms with E-state index in [0.717, 1.165) is 5.56 Å². The SMILES string of the molecule is O=C1OC[C@H](c2ccccc2)N2[C@H]1[C@@H](c1ccc([N+](=O)[O-])cc1)O[C@H]2c1ccc([N+](=O)[O-])cc1. The first-order valence-electron chi connectivity index (χ1n) is 10.6. The van der Waals surface area contributed by atoms with Crippen LogP contribution in [0.1, 0.15) is 35.1 Å². The van der Waals surface area contributed by atoms with Gasteiger partial charge in [0.2, 0.25) is 0 Å². The van der Waals surface area contributed by atoms with Crippen LogP contribution >= 0.6 is 0 Å². The molecular weight excluding hydrogens is 442 g/mol. The normalized spacial score (nSPS) is 24.3. The molecule has 0 spiro atoms. The number of nitro benzene ring substituents is 2. The van der Waals surface area contributed by atoms with Gasteiger partial charge in [-0.25, -0.2) is 4.90 Å². The molecule has 3 aromatic rings. The van der Waals surface area contributed by atoms with E-state index in [9.17, 15) is 25.0 Å². The van der Waals surface area contributed by atoms with Crippen molar-refractivity contribution in [2.24, 2.45) is 0 Å². The topological polar surface area (TPSA) is 125 Å². The molecule has 0 unspecified atom stereocenters. The molecule has 2 saturated heterocycles. The first kappa shape index (κ1) is 21.7. The molecule has 2 aliphatic heterocycles. The van der Waals surface area contributed by atoms with E-state index in [1.54, 1.807) is 24.3 Å². The summed E-state index contributed by atoms with van der Waals surface area (Å²) in [5.74, 6) is -0.458. The van der Waals surface area contributed by atoms with E-state index < -0.39 is 34.2 Å². The summed E-state index contributed by atoms with van der Waals surface area (Å²) in [6, 6.07) is 20.3. The van der Waals surface area contributed by atoms with Gasteiger partial charge < -0.3 is 9.47 Å². The molecule has 10 heteroatoms. The van der Waals surface area contributed by atoms with Gasteiger partial charge in [-0.2, -0.15) is 0 Å². The lowest BCUT2D eigenvalue weighted by Gasteiger charge is -2.39. The fraction of sp³-hybridized carbons (Fsp3) is 0.208. The van der Waals surface area contributed by atoms with Crippen molar-refractivity contribution in [1.82, 2.24) is 4.90 Å². The minimum Gasteiger partial charge on any atom is -0.462 e. The third kappa shape index (κ3) is 3.78. The predicted molar refractivity (Wildman–Crippen MR) is 119 cm³/mol. The molecule has 0 radical (unpaired) electrons. The lowest BCUT2D eigenvalue weighted by atomic mass is 9.96. The molecule has 0 amide bonds. The van der Waals surface area contributed by atoms with Crippen LogP contribution in [0, 0.1) is 20.2 Å². The number of esters is 1. The first-order valence-corrected chi connectivity index (χ1v) is 10.6. The summed E-state index contributed by atoms with van der Waals surface area (Å²) >= 11 is 0. The van der Waals surface area contributed by atoms with Gasteiger partial charge >= 0.3 is 5.97 Å². The number of carbonyl (C=O) groups excluding carboxylic acids is 1. The molecule has 4 atom stereocenters. The molecular formula is C24H19N3O7. The fourth-order valence-corrected chi connectivity index (χ4v) is 4.52. The maximum atomic E-state index is 13.0. The first-order chi connectivity index (χ1) is 16.4. The van der Waals surface area contributed by atoms with Crippen molar-refractivity contribution in [2.45, 2.75) is 24.4 Å². The third-order valence-electron chi connectivity index (χ3n) is 6.14. The highest BCUT2D eigenvalue weighted by atomic mass is 16.6. The molecule has 10 nitrogen and oxygen atoms in total. The van der Waals surface area contributed by atoms with E-state index in [0.29, 0.717) is 11.1 Å². The number of hydrogen-bond acceptors (Lipinski definition) is 8. The van der Waals surface area contributed by atoms with Gasteiger partial charge in [0, 0.05) is 24.3 Å². The number of cyclic esters (lactones) is 1. The zero-order valence-corrected chi connectivity index (χ0v) is 17.7. The Morgan fingerprint density at radius 2 is 1.32 bits per heavy atom. The Hall–Kier alpha value is -4.15. The molecule has 0 aliphatic carbocycles. The number of hydrogen-bond donors (Lipinski definition) is 0. The summed E-state index contributed by atoms with van der Waals surface area (Å²) in [4.78, 5) is 36.1. The van der Waals surface area contributed by atoms with E-state index in [2.05, 4.69) is 0 Å². The smallest absolute Gasteiger partial charge is 0.326 e. The van der Waals surface area contributed by atoms with E-state index in [1.807, 2.05) is 35.2 Å². The van der Waals surface area contributed by atoms with Gasteiger partial charge in [0.05, 0.1) is 15.9 Å². The summed E-state index contributed by atoms with van der Waals surface area (Å²) in [6.45, 7) is 0.124. The van der Waals surface area contributed by atoms with E-state index in [1.165, 1.54) is 24.3 Å². The number of non-ortho nitro benzene ring substituents is 2. The zero-order valence-electron chi connectivity index (χ0n) is 17.7. The Balaban J connectivity index is 1.58. The van der Waals surface area contributed by atoms with Crippen LogP contribution in [0.4, 0.5) is 11.4 Å². The second-order valence-corrected chi connectivity index (χ2v) is 8.05. The summed E-state index contributed by atoms with van der Waals surface area (Å²) in [6.07, 6.45) is -1.44. The second kappa shape index (κ2) is 8.65. The zero-order chi connectivity index (χ0) is 23.8. The second-order valence-electron chi connectivity index (χ2n) is 8.05. The maximum absolute atomic E-state index is 13.0. The van der Waals surface area contributed by atoms with Crippen molar-refractivity contribution in [3.05, 3.63) is 116 Å². The molecule has 0 aromatic heterocycles. The predicted octanol–water partition coefficient (Wildman–Crippen LogP) is 4.24. The van der Waals surface area contributed by atoms with Crippen molar-refractivity contribution in [2.75, 3.05) is 6.61 Å². The Kier molecular flexibility index (Phi) is 5.52. The minimum atomic E-state index is -0.805. The molecule has 2 heterocycles. The van der Waals surface area contributed by atoms with Gasteiger partial charge in [-0.15, -0.1) is 0 Å². The quantitative estimate of drug-likeness (QED) is 0.314. The van der Waals surface area contributed by atoms with Crippen LogP contribution < -0.4 is 0 Å². The highest BCUT2D eigenvalue weighted by Crippen LogP contribution is 2.49. The van der Waals surface area contributed by atoms with Gasteiger partial charge in [0.15, 0.2) is 0 Å². The summed E-state index contributed by atoms with van der Waals surface area (Å²) in [5, 5.41) is 22.2. The Bertz CT molecular complexity index is 1230. The molecule has 5 rings (SSSR count). The van der Waals surface area contributed by atoms with Gasteiger partial charge in [-0.05, 0) is 41.0 Å². The van der Waals surface area contributed by atoms with Crippen molar-refractivity contribution >= 4 is 17.3 Å². The van der Waals surface area contributed by atoms with Crippen molar-refractivity contribution < 1.29 is 24.1 Å². The van der Waals surface area contributed by atoms with Crippen molar-refractivity contribution in [3.63, 3.8) is 0 Å². The number of morpholine rings is 1. The fourth-order valence-electron chi connectivity index (χ4n) is 4.52. The monoisotopic (exact) mass is 461 g/mol.